The van der Waals surface area contributed by atoms with Gasteiger partial charge in [-0.15, -0.1) is 0 Å². The number of rotatable bonds is 6. The number of hydrogen-bond donors (Lipinski definition) is 1. The fourth-order valence-electron chi connectivity index (χ4n) is 3.65. The van der Waals surface area contributed by atoms with Crippen molar-refractivity contribution in [3.63, 3.8) is 0 Å². The van der Waals surface area contributed by atoms with E-state index in [4.69, 9.17) is 0 Å². The molecule has 2 aromatic rings. The second kappa shape index (κ2) is 9.80. The first-order valence-electron chi connectivity index (χ1n) is 10.3. The highest BCUT2D eigenvalue weighted by Gasteiger charge is 2.32. The molecule has 33 heavy (non-hydrogen) atoms. The number of carbonyl (C=O) groups is 1. The maximum Gasteiger partial charge on any atom is 0.416 e. The van der Waals surface area contributed by atoms with Crippen LogP contribution in [0.3, 0.4) is 0 Å². The zero-order valence-electron chi connectivity index (χ0n) is 17.9. The second-order valence-electron chi connectivity index (χ2n) is 7.69. The Hall–Kier alpha value is -3.10. The topological polar surface area (TPSA) is 93.5 Å². The van der Waals surface area contributed by atoms with Crippen molar-refractivity contribution in [3.05, 3.63) is 53.6 Å². The largest absolute Gasteiger partial charge is 0.416 e. The number of nitriles is 1. The third-order valence-electron chi connectivity index (χ3n) is 5.36. The summed E-state index contributed by atoms with van der Waals surface area (Å²) in [6.07, 6.45) is -1.81. The van der Waals surface area contributed by atoms with Gasteiger partial charge in [0, 0.05) is 20.1 Å². The Balaban J connectivity index is 1.84. The average molecular weight is 481 g/mol. The summed E-state index contributed by atoms with van der Waals surface area (Å²) in [7, 11) is -3.00. The summed E-state index contributed by atoms with van der Waals surface area (Å²) in [5, 5.41) is 11.6. The minimum absolute atomic E-state index is 0.0278. The van der Waals surface area contributed by atoms with Crippen molar-refractivity contribution in [2.24, 2.45) is 0 Å². The molecule has 11 heteroatoms. The van der Waals surface area contributed by atoms with Gasteiger partial charge in [-0.1, -0.05) is 12.1 Å². The lowest BCUT2D eigenvalue weighted by atomic mass is 10.1. The van der Waals surface area contributed by atoms with Crippen molar-refractivity contribution in [1.82, 2.24) is 4.31 Å². The lowest BCUT2D eigenvalue weighted by Gasteiger charge is -2.31. The highest BCUT2D eigenvalue weighted by Crippen LogP contribution is 2.36. The van der Waals surface area contributed by atoms with E-state index in [1.165, 1.54) is 37.4 Å². The number of nitrogens with one attached hydrogen (secondary N) is 1. The number of halogens is 3. The lowest BCUT2D eigenvalue weighted by Crippen LogP contribution is -2.36. The first-order valence-corrected chi connectivity index (χ1v) is 11.7. The monoisotopic (exact) mass is 480 g/mol. The molecular weight excluding hydrogens is 457 g/mol. The molecule has 1 aliphatic heterocycles. The lowest BCUT2D eigenvalue weighted by molar-refractivity contribution is -0.137. The van der Waals surface area contributed by atoms with E-state index in [0.29, 0.717) is 18.8 Å². The van der Waals surface area contributed by atoms with Crippen LogP contribution in [0.1, 0.15) is 30.4 Å². The Kier molecular flexibility index (Phi) is 7.29. The standard InChI is InChI=1S/C22H23F3N4O3S/c1-28(33(31,32)20-8-4-3-7-16(20)14-26)15-21(30)27-18-13-17(22(23,24)25)9-10-19(18)29-11-5-2-6-12-29/h3-4,7-10,13H,2,5-6,11-12,15H2,1H3,(H,27,30). The van der Waals surface area contributed by atoms with Crippen molar-refractivity contribution >= 4 is 27.3 Å². The van der Waals surface area contributed by atoms with E-state index in [1.807, 2.05) is 4.90 Å². The number of sulfonamides is 1. The third kappa shape index (κ3) is 5.64. The normalized spacial score (nSPS) is 14.7. The van der Waals surface area contributed by atoms with Gasteiger partial charge < -0.3 is 10.2 Å². The van der Waals surface area contributed by atoms with Gasteiger partial charge >= 0.3 is 6.18 Å². The molecule has 0 unspecified atom stereocenters. The molecule has 3 rings (SSSR count). The van der Waals surface area contributed by atoms with Crippen LogP contribution in [0.5, 0.6) is 0 Å². The zero-order chi connectivity index (χ0) is 24.2. The van der Waals surface area contributed by atoms with E-state index in [9.17, 15) is 31.6 Å². The van der Waals surface area contributed by atoms with Gasteiger partial charge in [0.2, 0.25) is 15.9 Å². The van der Waals surface area contributed by atoms with Crippen LogP contribution in [0.2, 0.25) is 0 Å². The molecule has 7 nitrogen and oxygen atoms in total. The van der Waals surface area contributed by atoms with Gasteiger partial charge in [0.05, 0.1) is 33.9 Å². The molecule has 1 saturated heterocycles. The molecule has 0 bridgehead atoms. The van der Waals surface area contributed by atoms with E-state index in [-0.39, 0.29) is 16.1 Å². The number of benzene rings is 2. The molecule has 0 saturated carbocycles. The number of likely N-dealkylation sites (N-methyl/N-ethyl adjacent to an activating group) is 1. The van der Waals surface area contributed by atoms with Gasteiger partial charge in [-0.25, -0.2) is 8.42 Å². The Morgan fingerprint density at radius 3 is 2.45 bits per heavy atom. The van der Waals surface area contributed by atoms with Gasteiger partial charge in [0.15, 0.2) is 0 Å². The molecule has 0 aliphatic carbocycles. The SMILES string of the molecule is CN(CC(=O)Nc1cc(C(F)(F)F)ccc1N1CCCCC1)S(=O)(=O)c1ccccc1C#N. The van der Waals surface area contributed by atoms with Gasteiger partial charge in [0.25, 0.3) is 0 Å². The Morgan fingerprint density at radius 2 is 1.82 bits per heavy atom. The number of hydrogen-bond acceptors (Lipinski definition) is 5. The number of piperidine rings is 1. The Morgan fingerprint density at radius 1 is 1.15 bits per heavy atom. The molecule has 1 fully saturated rings. The summed E-state index contributed by atoms with van der Waals surface area (Å²) in [4.78, 5) is 14.3. The zero-order valence-corrected chi connectivity index (χ0v) is 18.7. The van der Waals surface area contributed by atoms with Gasteiger partial charge in [-0.2, -0.15) is 22.7 Å². The molecular formula is C22H23F3N4O3S. The molecule has 176 valence electrons. The van der Waals surface area contributed by atoms with E-state index in [1.54, 1.807) is 6.07 Å². The second-order valence-corrected chi connectivity index (χ2v) is 9.71. The Labute approximate surface area is 190 Å². The van der Waals surface area contributed by atoms with Crippen LogP contribution in [-0.2, 0) is 21.0 Å². The van der Waals surface area contributed by atoms with Gasteiger partial charge in [0.1, 0.15) is 6.07 Å². The van der Waals surface area contributed by atoms with Crippen molar-refractivity contribution in [3.8, 4) is 6.07 Å². The maximum absolute atomic E-state index is 13.3. The fourth-order valence-corrected chi connectivity index (χ4v) is 4.92. The first kappa shape index (κ1) is 24.5. The molecule has 1 heterocycles. The molecule has 0 aromatic heterocycles. The van der Waals surface area contributed by atoms with Gasteiger partial charge in [-0.05, 0) is 49.6 Å². The van der Waals surface area contributed by atoms with Crippen LogP contribution in [0, 0.1) is 11.3 Å². The van der Waals surface area contributed by atoms with Crippen molar-refractivity contribution in [2.45, 2.75) is 30.3 Å². The smallest absolute Gasteiger partial charge is 0.370 e. The maximum atomic E-state index is 13.3. The summed E-state index contributed by atoms with van der Waals surface area (Å²) < 4.78 is 66.2. The van der Waals surface area contributed by atoms with E-state index < -0.39 is 34.2 Å². The number of anilines is 2. The molecule has 0 spiro atoms. The van der Waals surface area contributed by atoms with E-state index in [0.717, 1.165) is 35.7 Å². The fraction of sp³-hybridized carbons (Fsp3) is 0.364. The predicted molar refractivity (Wildman–Crippen MR) is 117 cm³/mol. The average Bonchev–Trinajstić information content (AvgIpc) is 2.78. The minimum Gasteiger partial charge on any atom is -0.370 e. The summed E-state index contributed by atoms with van der Waals surface area (Å²) in [5.74, 6) is -0.798. The highest BCUT2D eigenvalue weighted by atomic mass is 32.2. The quantitative estimate of drug-likeness (QED) is 0.678. The van der Waals surface area contributed by atoms with Crippen LogP contribution >= 0.6 is 0 Å². The number of carbonyl (C=O) groups excluding carboxylic acids is 1. The van der Waals surface area contributed by atoms with Gasteiger partial charge in [-0.3, -0.25) is 4.79 Å². The molecule has 1 aliphatic rings. The Bertz CT molecular complexity index is 1170. The number of nitrogens with zero attached hydrogens (tertiary/aromatic N) is 3. The number of amides is 1. The summed E-state index contributed by atoms with van der Waals surface area (Å²) in [6, 6.07) is 10.5. The van der Waals surface area contributed by atoms with Crippen LogP contribution < -0.4 is 10.2 Å². The molecule has 0 atom stereocenters. The van der Waals surface area contributed by atoms with E-state index in [2.05, 4.69) is 5.32 Å². The van der Waals surface area contributed by atoms with Crippen molar-refractivity contribution in [1.29, 1.82) is 5.26 Å². The molecule has 2 aromatic carbocycles. The van der Waals surface area contributed by atoms with Crippen LogP contribution in [0.25, 0.3) is 0 Å². The predicted octanol–water partition coefficient (Wildman–Crippen LogP) is 3.83. The minimum atomic E-state index is -4.60. The van der Waals surface area contributed by atoms with Crippen LogP contribution in [-0.4, -0.2) is 45.3 Å². The first-order chi connectivity index (χ1) is 15.5. The molecule has 1 N–H and O–H groups in total. The van der Waals surface area contributed by atoms with Crippen molar-refractivity contribution < 1.29 is 26.4 Å². The summed E-state index contributed by atoms with van der Waals surface area (Å²) >= 11 is 0. The van der Waals surface area contributed by atoms with Crippen molar-refractivity contribution in [2.75, 3.05) is 36.9 Å². The van der Waals surface area contributed by atoms with E-state index >= 15 is 0 Å². The highest BCUT2D eigenvalue weighted by molar-refractivity contribution is 7.89. The molecule has 0 radical (unpaired) electrons. The summed E-state index contributed by atoms with van der Waals surface area (Å²) in [5.41, 5.74) is -0.561. The molecule has 1 amide bonds. The van der Waals surface area contributed by atoms with Crippen LogP contribution in [0.15, 0.2) is 47.4 Å². The summed E-state index contributed by atoms with van der Waals surface area (Å²) in [6.45, 7) is 0.651. The van der Waals surface area contributed by atoms with Crippen LogP contribution in [0.4, 0.5) is 24.5 Å². The number of alkyl halides is 3. The third-order valence-corrected chi connectivity index (χ3v) is 7.22.